The largest absolute Gasteiger partial charge is 0.496 e. The number of ether oxygens (including phenoxy) is 1. The molecule has 33 heavy (non-hydrogen) atoms. The molecule has 168 valence electrons. The molecule has 1 heterocycles. The number of methoxy groups -OCH3 is 1. The van der Waals surface area contributed by atoms with E-state index >= 15 is 0 Å². The lowest BCUT2D eigenvalue weighted by Crippen LogP contribution is -2.20. The second-order valence-corrected chi connectivity index (χ2v) is 7.30. The Morgan fingerprint density at radius 2 is 1.67 bits per heavy atom. The zero-order valence-electron chi connectivity index (χ0n) is 17.6. The van der Waals surface area contributed by atoms with Crippen molar-refractivity contribution < 1.29 is 22.7 Å². The van der Waals surface area contributed by atoms with Crippen molar-refractivity contribution in [1.29, 1.82) is 0 Å². The third-order valence-electron chi connectivity index (χ3n) is 5.06. The van der Waals surface area contributed by atoms with Crippen molar-refractivity contribution in [3.8, 4) is 11.4 Å². The van der Waals surface area contributed by atoms with E-state index in [1.165, 1.54) is 19.2 Å². The van der Waals surface area contributed by atoms with Gasteiger partial charge in [0.1, 0.15) is 5.75 Å². The van der Waals surface area contributed by atoms with Crippen molar-refractivity contribution in [2.75, 3.05) is 12.4 Å². The molecular formula is C25H20F3N3O2. The Morgan fingerprint density at radius 3 is 2.30 bits per heavy atom. The molecule has 0 atom stereocenters. The van der Waals surface area contributed by atoms with Gasteiger partial charge in [-0.05, 0) is 35.9 Å². The molecule has 1 aromatic heterocycles. The molecule has 0 aliphatic rings. The molecule has 1 N–H and O–H groups in total. The number of rotatable bonds is 6. The Bertz CT molecular complexity index is 1250. The molecule has 0 unspecified atom stereocenters. The van der Waals surface area contributed by atoms with Gasteiger partial charge >= 0.3 is 6.18 Å². The molecule has 1 amide bonds. The SMILES string of the molecule is COc1ccc(NC(=O)c2cnn(-c3ccccc3)c2C(F)(F)F)cc1Cc1ccccc1. The third-order valence-corrected chi connectivity index (χ3v) is 5.06. The maximum atomic E-state index is 13.9. The van der Waals surface area contributed by atoms with Gasteiger partial charge in [0.25, 0.3) is 5.91 Å². The number of hydrogen-bond donors (Lipinski definition) is 1. The average Bonchev–Trinajstić information content (AvgIpc) is 3.27. The van der Waals surface area contributed by atoms with Crippen LogP contribution in [0.1, 0.15) is 27.2 Å². The van der Waals surface area contributed by atoms with Crippen LogP contribution in [0.25, 0.3) is 5.69 Å². The van der Waals surface area contributed by atoms with E-state index in [1.54, 1.807) is 36.4 Å². The molecule has 0 bridgehead atoms. The maximum Gasteiger partial charge on any atom is 0.434 e. The predicted molar refractivity (Wildman–Crippen MR) is 119 cm³/mol. The summed E-state index contributed by atoms with van der Waals surface area (Å²) < 4.78 is 47.8. The highest BCUT2D eigenvalue weighted by Crippen LogP contribution is 2.34. The van der Waals surface area contributed by atoms with E-state index in [4.69, 9.17) is 4.74 Å². The van der Waals surface area contributed by atoms with E-state index in [1.807, 2.05) is 30.3 Å². The van der Waals surface area contributed by atoms with Gasteiger partial charge in [-0.2, -0.15) is 18.3 Å². The number of hydrogen-bond acceptors (Lipinski definition) is 3. The summed E-state index contributed by atoms with van der Waals surface area (Å²) >= 11 is 0. The van der Waals surface area contributed by atoms with Crippen molar-refractivity contribution >= 4 is 11.6 Å². The van der Waals surface area contributed by atoms with Gasteiger partial charge < -0.3 is 10.1 Å². The van der Waals surface area contributed by atoms with E-state index in [0.29, 0.717) is 17.9 Å². The van der Waals surface area contributed by atoms with Crippen LogP contribution >= 0.6 is 0 Å². The van der Waals surface area contributed by atoms with E-state index in [0.717, 1.165) is 22.0 Å². The number of nitrogens with one attached hydrogen (secondary N) is 1. The number of anilines is 1. The van der Waals surface area contributed by atoms with Crippen molar-refractivity contribution in [2.45, 2.75) is 12.6 Å². The molecule has 0 radical (unpaired) electrons. The van der Waals surface area contributed by atoms with Crippen molar-refractivity contribution in [3.63, 3.8) is 0 Å². The Labute approximate surface area is 188 Å². The molecule has 0 fully saturated rings. The van der Waals surface area contributed by atoms with Crippen LogP contribution in [0, 0.1) is 0 Å². The van der Waals surface area contributed by atoms with Crippen LogP contribution in [0.15, 0.2) is 85.1 Å². The van der Waals surface area contributed by atoms with Crippen LogP contribution in [0.3, 0.4) is 0 Å². The van der Waals surface area contributed by atoms with Crippen LogP contribution in [-0.2, 0) is 12.6 Å². The lowest BCUT2D eigenvalue weighted by molar-refractivity contribution is -0.143. The van der Waals surface area contributed by atoms with E-state index < -0.39 is 23.3 Å². The van der Waals surface area contributed by atoms with E-state index in [2.05, 4.69) is 10.4 Å². The molecule has 3 aromatic carbocycles. The van der Waals surface area contributed by atoms with Crippen LogP contribution in [-0.4, -0.2) is 22.8 Å². The van der Waals surface area contributed by atoms with Gasteiger partial charge in [-0.3, -0.25) is 4.79 Å². The molecule has 0 aliphatic heterocycles. The van der Waals surface area contributed by atoms with Gasteiger partial charge in [0.15, 0.2) is 5.69 Å². The topological polar surface area (TPSA) is 56.1 Å². The van der Waals surface area contributed by atoms with Gasteiger partial charge in [-0.15, -0.1) is 0 Å². The fourth-order valence-electron chi connectivity index (χ4n) is 3.56. The first-order valence-corrected chi connectivity index (χ1v) is 10.1. The molecule has 4 rings (SSSR count). The predicted octanol–water partition coefficient (Wildman–Crippen LogP) is 5.74. The van der Waals surface area contributed by atoms with Crippen LogP contribution in [0.4, 0.5) is 18.9 Å². The summed E-state index contributed by atoms with van der Waals surface area (Å²) in [4.78, 5) is 12.9. The Morgan fingerprint density at radius 1 is 1.00 bits per heavy atom. The Balaban J connectivity index is 1.65. The Kier molecular flexibility index (Phi) is 6.17. The molecule has 0 spiro atoms. The highest BCUT2D eigenvalue weighted by molar-refractivity contribution is 6.05. The summed E-state index contributed by atoms with van der Waals surface area (Å²) in [6, 6.07) is 22.5. The summed E-state index contributed by atoms with van der Waals surface area (Å²) in [6.45, 7) is 0. The van der Waals surface area contributed by atoms with Gasteiger partial charge in [0.2, 0.25) is 0 Å². The molecule has 0 aliphatic carbocycles. The number of alkyl halides is 3. The zero-order chi connectivity index (χ0) is 23.4. The second kappa shape index (κ2) is 9.20. The zero-order valence-corrected chi connectivity index (χ0v) is 17.6. The smallest absolute Gasteiger partial charge is 0.434 e. The molecule has 4 aromatic rings. The first kappa shape index (κ1) is 22.1. The number of para-hydroxylation sites is 1. The highest BCUT2D eigenvalue weighted by atomic mass is 19.4. The van der Waals surface area contributed by atoms with E-state index in [-0.39, 0.29) is 5.69 Å². The minimum Gasteiger partial charge on any atom is -0.496 e. The molecule has 8 heteroatoms. The number of nitrogens with zero attached hydrogens (tertiary/aromatic N) is 2. The first-order valence-electron chi connectivity index (χ1n) is 10.1. The van der Waals surface area contributed by atoms with Crippen molar-refractivity contribution in [2.24, 2.45) is 0 Å². The molecule has 0 saturated carbocycles. The van der Waals surface area contributed by atoms with Gasteiger partial charge in [-0.25, -0.2) is 4.68 Å². The summed E-state index contributed by atoms with van der Waals surface area (Å²) in [5, 5.41) is 6.40. The molecular weight excluding hydrogens is 431 g/mol. The summed E-state index contributed by atoms with van der Waals surface area (Å²) in [5.74, 6) is -0.287. The van der Waals surface area contributed by atoms with Gasteiger partial charge in [0, 0.05) is 17.7 Å². The fourth-order valence-corrected chi connectivity index (χ4v) is 3.56. The van der Waals surface area contributed by atoms with E-state index in [9.17, 15) is 18.0 Å². The van der Waals surface area contributed by atoms with Crippen molar-refractivity contribution in [1.82, 2.24) is 9.78 Å². The summed E-state index contributed by atoms with van der Waals surface area (Å²) in [7, 11) is 1.54. The number of amides is 1. The van der Waals surface area contributed by atoms with Crippen LogP contribution < -0.4 is 10.1 Å². The number of halogens is 3. The fraction of sp³-hybridized carbons (Fsp3) is 0.120. The van der Waals surface area contributed by atoms with Gasteiger partial charge in [-0.1, -0.05) is 48.5 Å². The quantitative estimate of drug-likeness (QED) is 0.407. The number of benzene rings is 3. The number of aromatic nitrogens is 2. The Hall–Kier alpha value is -4.07. The standard InChI is InChI=1S/C25H20F3N3O2/c1-33-22-13-12-19(15-18(22)14-17-8-4-2-5-9-17)30-24(32)21-16-29-31(23(21)25(26,27)28)20-10-6-3-7-11-20/h2-13,15-16H,14H2,1H3,(H,30,32). The van der Waals surface area contributed by atoms with Crippen LogP contribution in [0.2, 0.25) is 0 Å². The second-order valence-electron chi connectivity index (χ2n) is 7.30. The highest BCUT2D eigenvalue weighted by Gasteiger charge is 2.40. The summed E-state index contributed by atoms with van der Waals surface area (Å²) in [5.41, 5.74) is 0.682. The minimum atomic E-state index is -4.78. The molecule has 0 saturated heterocycles. The average molecular weight is 451 g/mol. The third kappa shape index (κ3) is 4.90. The summed E-state index contributed by atoms with van der Waals surface area (Å²) in [6.07, 6.45) is -3.32. The number of carbonyl (C=O) groups excluding carboxylic acids is 1. The maximum absolute atomic E-state index is 13.9. The lowest BCUT2D eigenvalue weighted by atomic mass is 10.0. The number of carbonyl (C=O) groups is 1. The van der Waals surface area contributed by atoms with Crippen LogP contribution in [0.5, 0.6) is 5.75 Å². The monoisotopic (exact) mass is 451 g/mol. The molecule has 5 nitrogen and oxygen atoms in total. The van der Waals surface area contributed by atoms with Crippen molar-refractivity contribution in [3.05, 3.63) is 107 Å². The van der Waals surface area contributed by atoms with Gasteiger partial charge in [0.05, 0.1) is 24.6 Å². The minimum absolute atomic E-state index is 0.207. The first-order chi connectivity index (χ1) is 15.9. The lowest BCUT2D eigenvalue weighted by Gasteiger charge is -2.14. The normalized spacial score (nSPS) is 11.3.